The van der Waals surface area contributed by atoms with E-state index in [1.54, 1.807) is 0 Å². The number of benzene rings is 6. The lowest BCUT2D eigenvalue weighted by atomic mass is 9.60. The maximum Gasteiger partial charge on any atom is 0.137 e. The second-order valence-corrected chi connectivity index (χ2v) is 18.2. The standard InChI is InChI=1S/C54H50N4O/c1-52(2,3)38-29-30-55-50(31-38)58-46-24-15-14-21-43(46)44-27-25-39(32-47(44)58)59-40-26-28-45-48(33-40)57-35-56(34-49(57)54(6,7)53(45,4)5)51-41(36-17-10-8-11-18-36)22-16-23-42(51)37-19-12-9-13-20-37/h8-34H,35H2,1-7H3. The van der Waals surface area contributed by atoms with Crippen LogP contribution < -0.4 is 14.5 Å². The van der Waals surface area contributed by atoms with Gasteiger partial charge in [-0.25, -0.2) is 4.98 Å². The topological polar surface area (TPSA) is 33.5 Å². The molecule has 0 spiro atoms. The molecule has 0 fully saturated rings. The van der Waals surface area contributed by atoms with Gasteiger partial charge in [-0.3, -0.25) is 4.57 Å². The van der Waals surface area contributed by atoms with Crippen molar-refractivity contribution in [3.63, 3.8) is 0 Å². The molecule has 0 radical (unpaired) electrons. The van der Waals surface area contributed by atoms with E-state index in [0.717, 1.165) is 28.4 Å². The molecule has 10 rings (SSSR count). The first-order valence-corrected chi connectivity index (χ1v) is 20.7. The highest BCUT2D eigenvalue weighted by Crippen LogP contribution is 2.58. The van der Waals surface area contributed by atoms with Crippen molar-refractivity contribution >= 4 is 33.2 Å². The van der Waals surface area contributed by atoms with E-state index in [1.165, 1.54) is 61.2 Å². The largest absolute Gasteiger partial charge is 0.457 e. The molecule has 0 saturated heterocycles. The van der Waals surface area contributed by atoms with E-state index < -0.39 is 0 Å². The summed E-state index contributed by atoms with van der Waals surface area (Å²) in [4.78, 5) is 9.87. The lowest BCUT2D eigenvalue weighted by Crippen LogP contribution is -2.48. The first-order chi connectivity index (χ1) is 28.4. The van der Waals surface area contributed by atoms with Crippen LogP contribution in [0, 0.1) is 5.41 Å². The lowest BCUT2D eigenvalue weighted by Gasteiger charge is -2.51. The van der Waals surface area contributed by atoms with Crippen molar-refractivity contribution in [2.45, 2.75) is 59.3 Å². The van der Waals surface area contributed by atoms with Crippen molar-refractivity contribution in [3.8, 4) is 39.6 Å². The third-order valence-electron chi connectivity index (χ3n) is 13.2. The number of allylic oxidation sites excluding steroid dienone is 1. The van der Waals surface area contributed by atoms with Crippen molar-refractivity contribution in [2.75, 3.05) is 16.5 Å². The third kappa shape index (κ3) is 5.94. The van der Waals surface area contributed by atoms with Crippen molar-refractivity contribution in [3.05, 3.63) is 181 Å². The van der Waals surface area contributed by atoms with Gasteiger partial charge in [0.05, 0.1) is 29.1 Å². The summed E-state index contributed by atoms with van der Waals surface area (Å²) < 4.78 is 9.13. The van der Waals surface area contributed by atoms with Crippen LogP contribution in [-0.2, 0) is 10.8 Å². The molecule has 292 valence electrons. The Balaban J connectivity index is 1.07. The molecule has 4 heterocycles. The van der Waals surface area contributed by atoms with E-state index in [4.69, 9.17) is 9.72 Å². The normalized spacial score (nSPS) is 15.6. The van der Waals surface area contributed by atoms with Gasteiger partial charge in [-0.15, -0.1) is 0 Å². The van der Waals surface area contributed by atoms with Gasteiger partial charge in [-0.1, -0.05) is 152 Å². The second kappa shape index (κ2) is 13.5. The van der Waals surface area contributed by atoms with Gasteiger partial charge in [0, 0.05) is 63.0 Å². The highest BCUT2D eigenvalue weighted by Gasteiger charge is 2.51. The Morgan fingerprint density at radius 3 is 1.92 bits per heavy atom. The SMILES string of the molecule is CC(C)(C)c1ccnc(-n2c3ccccc3c3ccc(Oc4ccc5c(c4)N4CN(c6c(-c7ccccc7)cccc6-c6ccccc6)C=C4C(C)(C)C5(C)C)cc32)c1. The van der Waals surface area contributed by atoms with Gasteiger partial charge in [0.15, 0.2) is 0 Å². The summed E-state index contributed by atoms with van der Waals surface area (Å²) >= 11 is 0. The maximum absolute atomic E-state index is 6.86. The molecule has 0 bridgehead atoms. The zero-order valence-corrected chi connectivity index (χ0v) is 35.0. The van der Waals surface area contributed by atoms with Crippen LogP contribution >= 0.6 is 0 Å². The van der Waals surface area contributed by atoms with E-state index in [2.05, 4.69) is 221 Å². The Morgan fingerprint density at radius 1 is 0.593 bits per heavy atom. The molecule has 0 amide bonds. The fraction of sp³-hybridized carbons (Fsp3) is 0.204. The molecular weight excluding hydrogens is 721 g/mol. The minimum absolute atomic E-state index is 0.00214. The van der Waals surface area contributed by atoms with Gasteiger partial charge in [-0.05, 0) is 64.1 Å². The Kier molecular flexibility index (Phi) is 8.40. The molecule has 59 heavy (non-hydrogen) atoms. The van der Waals surface area contributed by atoms with Gasteiger partial charge < -0.3 is 14.5 Å². The molecule has 0 atom stereocenters. The van der Waals surface area contributed by atoms with Crippen LogP contribution in [0.1, 0.15) is 59.6 Å². The first-order valence-electron chi connectivity index (χ1n) is 20.7. The van der Waals surface area contributed by atoms with Crippen molar-refractivity contribution < 1.29 is 4.74 Å². The van der Waals surface area contributed by atoms with E-state index in [0.29, 0.717) is 6.67 Å². The Bertz CT molecular complexity index is 2870. The van der Waals surface area contributed by atoms with Crippen molar-refractivity contribution in [2.24, 2.45) is 5.41 Å². The number of fused-ring (bicyclic) bond motifs is 6. The molecule has 0 saturated carbocycles. The number of hydrogen-bond donors (Lipinski definition) is 0. The average molecular weight is 771 g/mol. The molecule has 2 aromatic heterocycles. The predicted octanol–water partition coefficient (Wildman–Crippen LogP) is 14.0. The van der Waals surface area contributed by atoms with Gasteiger partial charge in [0.25, 0.3) is 0 Å². The molecule has 8 aromatic rings. The van der Waals surface area contributed by atoms with Crippen LogP contribution in [0.2, 0.25) is 0 Å². The molecule has 5 heteroatoms. The molecule has 0 aliphatic carbocycles. The molecular formula is C54H50N4O. The number of pyridine rings is 1. The van der Waals surface area contributed by atoms with Gasteiger partial charge in [0.1, 0.15) is 17.3 Å². The Labute approximate surface area is 347 Å². The number of aromatic nitrogens is 2. The summed E-state index contributed by atoms with van der Waals surface area (Å²) in [6.07, 6.45) is 4.33. The molecule has 0 unspecified atom stereocenters. The van der Waals surface area contributed by atoms with E-state index >= 15 is 0 Å². The number of rotatable bonds is 6. The predicted molar refractivity (Wildman–Crippen MR) is 246 cm³/mol. The number of ether oxygens (including phenoxy) is 1. The molecule has 5 nitrogen and oxygen atoms in total. The minimum atomic E-state index is -0.164. The molecule has 2 aliphatic heterocycles. The van der Waals surface area contributed by atoms with Crippen LogP contribution in [0.15, 0.2) is 170 Å². The van der Waals surface area contributed by atoms with Crippen LogP contribution in [0.4, 0.5) is 11.4 Å². The summed E-state index contributed by atoms with van der Waals surface area (Å²) in [6.45, 7) is 17.0. The summed E-state index contributed by atoms with van der Waals surface area (Å²) in [5.41, 5.74) is 12.9. The van der Waals surface area contributed by atoms with Crippen LogP contribution in [0.25, 0.3) is 49.9 Å². The highest BCUT2D eigenvalue weighted by atomic mass is 16.5. The number of anilines is 2. The zero-order chi connectivity index (χ0) is 40.7. The number of para-hydroxylation sites is 2. The molecule has 0 N–H and O–H groups in total. The maximum atomic E-state index is 6.86. The second-order valence-electron chi connectivity index (χ2n) is 18.2. The fourth-order valence-electron chi connectivity index (χ4n) is 9.27. The van der Waals surface area contributed by atoms with Gasteiger partial charge in [-0.2, -0.15) is 0 Å². The zero-order valence-electron chi connectivity index (χ0n) is 35.0. The van der Waals surface area contributed by atoms with Crippen molar-refractivity contribution in [1.82, 2.24) is 9.55 Å². The van der Waals surface area contributed by atoms with Gasteiger partial charge >= 0.3 is 0 Å². The smallest absolute Gasteiger partial charge is 0.137 e. The van der Waals surface area contributed by atoms with E-state index in [1.807, 2.05) is 6.20 Å². The van der Waals surface area contributed by atoms with Crippen LogP contribution in [0.5, 0.6) is 11.5 Å². The summed E-state index contributed by atoms with van der Waals surface area (Å²) in [5.74, 6) is 2.50. The number of hydrogen-bond acceptors (Lipinski definition) is 4. The molecule has 6 aromatic carbocycles. The van der Waals surface area contributed by atoms with E-state index in [-0.39, 0.29) is 16.2 Å². The average Bonchev–Trinajstić information content (AvgIpc) is 3.84. The highest BCUT2D eigenvalue weighted by molar-refractivity contribution is 6.09. The quantitative estimate of drug-likeness (QED) is 0.169. The first kappa shape index (κ1) is 36.7. The summed E-state index contributed by atoms with van der Waals surface area (Å²) in [6, 6.07) is 54.3. The fourth-order valence-corrected chi connectivity index (χ4v) is 9.27. The van der Waals surface area contributed by atoms with Crippen molar-refractivity contribution in [1.29, 1.82) is 0 Å². The minimum Gasteiger partial charge on any atom is -0.457 e. The monoisotopic (exact) mass is 770 g/mol. The Hall–Kier alpha value is -6.59. The summed E-state index contributed by atoms with van der Waals surface area (Å²) in [7, 11) is 0. The van der Waals surface area contributed by atoms with E-state index in [9.17, 15) is 0 Å². The third-order valence-corrected chi connectivity index (χ3v) is 13.2. The summed E-state index contributed by atoms with van der Waals surface area (Å²) in [5, 5.41) is 2.36. The van der Waals surface area contributed by atoms with Crippen LogP contribution in [-0.4, -0.2) is 16.2 Å². The number of nitrogens with zero attached hydrogens (tertiary/aromatic N) is 4. The molecule has 2 aliphatic rings. The van der Waals surface area contributed by atoms with Crippen LogP contribution in [0.3, 0.4) is 0 Å². The Morgan fingerprint density at radius 2 is 1.22 bits per heavy atom. The lowest BCUT2D eigenvalue weighted by molar-refractivity contribution is 0.235. The van der Waals surface area contributed by atoms with Gasteiger partial charge in [0.2, 0.25) is 0 Å².